The Kier molecular flexibility index (Phi) is 3.25. The lowest BCUT2D eigenvalue weighted by molar-refractivity contribution is 0.585. The molecule has 0 N–H and O–H groups in total. The van der Waals surface area contributed by atoms with Crippen LogP contribution in [0.2, 0.25) is 0 Å². The van der Waals surface area contributed by atoms with Crippen LogP contribution in [0.5, 0.6) is 0 Å². The van der Waals surface area contributed by atoms with Crippen LogP contribution in [0.15, 0.2) is 26.9 Å². The molecule has 2 aromatic rings. The summed E-state index contributed by atoms with van der Waals surface area (Å²) >= 11 is 4.31. The smallest absolute Gasteiger partial charge is 0.197 e. The summed E-state index contributed by atoms with van der Waals surface area (Å²) < 4.78 is 15.9. The van der Waals surface area contributed by atoms with Crippen molar-refractivity contribution < 1.29 is 4.39 Å². The zero-order valence-electron chi connectivity index (χ0n) is 8.61. The van der Waals surface area contributed by atoms with E-state index >= 15 is 0 Å². The number of aryl methyl sites for hydroxylation is 1. The predicted molar refractivity (Wildman–Crippen MR) is 61.8 cm³/mol. The maximum Gasteiger partial charge on any atom is 0.197 e. The molecule has 0 spiro atoms. The molecule has 0 fully saturated rings. The number of hydrogen-bond donors (Lipinski definition) is 0. The second kappa shape index (κ2) is 4.50. The van der Waals surface area contributed by atoms with Crippen molar-refractivity contribution in [2.45, 2.75) is 17.1 Å². The van der Waals surface area contributed by atoms with E-state index < -0.39 is 0 Å². The van der Waals surface area contributed by atoms with Gasteiger partial charge < -0.3 is 4.57 Å². The fourth-order valence-corrected chi connectivity index (χ4v) is 2.13. The van der Waals surface area contributed by atoms with Crippen LogP contribution < -0.4 is 0 Å². The number of nitrogens with zero attached hydrogens (tertiary/aromatic N) is 4. The third-order valence-electron chi connectivity index (χ3n) is 2.01. The standard InChI is InChI=1S/C9H8BrFN4S/c1-5-13-14-9(15(5)2)16-8-7(11)3-6(10)4-12-8/h3-4H,1-2H3. The van der Waals surface area contributed by atoms with Crippen LogP contribution in [0.1, 0.15) is 5.82 Å². The molecule has 2 aromatic heterocycles. The van der Waals surface area contributed by atoms with Gasteiger partial charge in [-0.3, -0.25) is 0 Å². The number of aromatic nitrogens is 4. The molecular formula is C9H8BrFN4S. The van der Waals surface area contributed by atoms with Crippen LogP contribution in [-0.2, 0) is 7.05 Å². The largest absolute Gasteiger partial charge is 0.309 e. The summed E-state index contributed by atoms with van der Waals surface area (Å²) in [6, 6.07) is 1.37. The highest BCUT2D eigenvalue weighted by Gasteiger charge is 2.11. The summed E-state index contributed by atoms with van der Waals surface area (Å²) in [5.41, 5.74) is 0. The van der Waals surface area contributed by atoms with E-state index in [2.05, 4.69) is 31.1 Å². The van der Waals surface area contributed by atoms with Gasteiger partial charge in [-0.15, -0.1) is 10.2 Å². The Hall–Kier alpha value is -0.950. The topological polar surface area (TPSA) is 43.6 Å². The molecule has 0 bridgehead atoms. The minimum atomic E-state index is -0.375. The van der Waals surface area contributed by atoms with Crippen molar-refractivity contribution in [2.75, 3.05) is 0 Å². The Morgan fingerprint density at radius 3 is 2.75 bits per heavy atom. The van der Waals surface area contributed by atoms with Gasteiger partial charge in [0.25, 0.3) is 0 Å². The highest BCUT2D eigenvalue weighted by molar-refractivity contribution is 9.10. The molecule has 16 heavy (non-hydrogen) atoms. The second-order valence-corrected chi connectivity index (χ2v) is 5.00. The Bertz CT molecular complexity index is 528. The molecule has 84 valence electrons. The minimum absolute atomic E-state index is 0.290. The number of pyridine rings is 1. The minimum Gasteiger partial charge on any atom is -0.309 e. The number of rotatable bonds is 2. The molecule has 4 nitrogen and oxygen atoms in total. The van der Waals surface area contributed by atoms with Crippen molar-refractivity contribution in [3.63, 3.8) is 0 Å². The summed E-state index contributed by atoms with van der Waals surface area (Å²) in [6.07, 6.45) is 1.55. The van der Waals surface area contributed by atoms with E-state index in [1.165, 1.54) is 6.07 Å². The third-order valence-corrected chi connectivity index (χ3v) is 3.48. The van der Waals surface area contributed by atoms with Crippen LogP contribution in [0, 0.1) is 12.7 Å². The van der Waals surface area contributed by atoms with Crippen LogP contribution in [0.25, 0.3) is 0 Å². The summed E-state index contributed by atoms with van der Waals surface area (Å²) in [4.78, 5) is 3.98. The maximum atomic E-state index is 13.5. The number of hydrogen-bond acceptors (Lipinski definition) is 4. The van der Waals surface area contributed by atoms with Gasteiger partial charge in [0, 0.05) is 17.7 Å². The van der Waals surface area contributed by atoms with E-state index in [-0.39, 0.29) is 5.82 Å². The zero-order chi connectivity index (χ0) is 11.7. The number of halogens is 2. The van der Waals surface area contributed by atoms with Crippen molar-refractivity contribution in [3.8, 4) is 0 Å². The molecule has 7 heteroatoms. The summed E-state index contributed by atoms with van der Waals surface area (Å²) in [7, 11) is 1.83. The van der Waals surface area contributed by atoms with Gasteiger partial charge in [-0.05, 0) is 40.7 Å². The molecule has 0 radical (unpaired) electrons. The van der Waals surface area contributed by atoms with Crippen molar-refractivity contribution in [3.05, 3.63) is 28.4 Å². The maximum absolute atomic E-state index is 13.5. The normalized spacial score (nSPS) is 10.8. The lowest BCUT2D eigenvalue weighted by atomic mass is 10.5. The highest BCUT2D eigenvalue weighted by Crippen LogP contribution is 2.27. The average molecular weight is 303 g/mol. The Labute approximate surface area is 104 Å². The molecule has 2 rings (SSSR count). The first kappa shape index (κ1) is 11.5. The summed E-state index contributed by atoms with van der Waals surface area (Å²) in [6.45, 7) is 1.84. The van der Waals surface area contributed by atoms with E-state index in [9.17, 15) is 4.39 Å². The summed E-state index contributed by atoms with van der Waals surface area (Å²) in [5.74, 6) is 0.403. The van der Waals surface area contributed by atoms with Crippen LogP contribution in [0.4, 0.5) is 4.39 Å². The van der Waals surface area contributed by atoms with Gasteiger partial charge in [0.2, 0.25) is 0 Å². The fourth-order valence-electron chi connectivity index (χ4n) is 1.04. The van der Waals surface area contributed by atoms with Gasteiger partial charge in [-0.25, -0.2) is 9.37 Å². The van der Waals surface area contributed by atoms with E-state index in [1.54, 1.807) is 10.8 Å². The first-order valence-corrected chi connectivity index (χ1v) is 6.04. The molecule has 0 saturated carbocycles. The molecule has 0 atom stereocenters. The quantitative estimate of drug-likeness (QED) is 0.855. The Morgan fingerprint density at radius 1 is 1.44 bits per heavy atom. The van der Waals surface area contributed by atoms with E-state index in [0.29, 0.717) is 14.7 Å². The van der Waals surface area contributed by atoms with Gasteiger partial charge in [0.15, 0.2) is 11.0 Å². The SMILES string of the molecule is Cc1nnc(Sc2ncc(Br)cc2F)n1C. The summed E-state index contributed by atoms with van der Waals surface area (Å²) in [5, 5.41) is 8.73. The highest BCUT2D eigenvalue weighted by atomic mass is 79.9. The van der Waals surface area contributed by atoms with Gasteiger partial charge in [-0.1, -0.05) is 0 Å². The monoisotopic (exact) mass is 302 g/mol. The average Bonchev–Trinajstić information content (AvgIpc) is 2.54. The molecule has 0 aromatic carbocycles. The molecule has 0 aliphatic carbocycles. The lowest BCUT2D eigenvalue weighted by Crippen LogP contribution is -1.95. The van der Waals surface area contributed by atoms with Gasteiger partial charge >= 0.3 is 0 Å². The van der Waals surface area contributed by atoms with Crippen molar-refractivity contribution >= 4 is 27.7 Å². The van der Waals surface area contributed by atoms with E-state index in [4.69, 9.17) is 0 Å². The van der Waals surface area contributed by atoms with Crippen molar-refractivity contribution in [1.29, 1.82) is 0 Å². The van der Waals surface area contributed by atoms with Gasteiger partial charge in [-0.2, -0.15) is 0 Å². The van der Waals surface area contributed by atoms with Gasteiger partial charge in [0.1, 0.15) is 10.9 Å². The zero-order valence-corrected chi connectivity index (χ0v) is 11.0. The van der Waals surface area contributed by atoms with Crippen LogP contribution in [0.3, 0.4) is 0 Å². The van der Waals surface area contributed by atoms with Crippen LogP contribution >= 0.6 is 27.7 Å². The molecular weight excluding hydrogens is 295 g/mol. The lowest BCUT2D eigenvalue weighted by Gasteiger charge is -2.02. The fraction of sp³-hybridized carbons (Fsp3) is 0.222. The predicted octanol–water partition coefficient (Wildman–Crippen LogP) is 2.57. The molecule has 2 heterocycles. The van der Waals surface area contributed by atoms with Crippen LogP contribution in [-0.4, -0.2) is 19.7 Å². The first-order valence-electron chi connectivity index (χ1n) is 4.43. The molecule has 0 amide bonds. The van der Waals surface area contributed by atoms with Crippen molar-refractivity contribution in [2.24, 2.45) is 7.05 Å². The first-order chi connectivity index (χ1) is 7.58. The molecule has 0 aliphatic rings. The Balaban J connectivity index is 2.30. The molecule has 0 aliphatic heterocycles. The molecule has 0 unspecified atom stereocenters. The molecule has 0 saturated heterocycles. The van der Waals surface area contributed by atoms with Gasteiger partial charge in [0.05, 0.1) is 0 Å². The Morgan fingerprint density at radius 2 is 2.19 bits per heavy atom. The van der Waals surface area contributed by atoms with E-state index in [1.807, 2.05) is 14.0 Å². The third kappa shape index (κ3) is 2.25. The second-order valence-electron chi connectivity index (χ2n) is 3.13. The van der Waals surface area contributed by atoms with E-state index in [0.717, 1.165) is 17.6 Å². The van der Waals surface area contributed by atoms with Crippen molar-refractivity contribution in [1.82, 2.24) is 19.7 Å².